The van der Waals surface area contributed by atoms with E-state index in [1.807, 2.05) is 0 Å². The van der Waals surface area contributed by atoms with E-state index < -0.39 is 17.2 Å². The van der Waals surface area contributed by atoms with Crippen LogP contribution >= 0.6 is 0 Å². The Bertz CT molecular complexity index is 1190. The van der Waals surface area contributed by atoms with Gasteiger partial charge in [0.25, 0.3) is 0 Å². The highest BCUT2D eigenvalue weighted by Crippen LogP contribution is 2.73. The fourth-order valence-corrected chi connectivity index (χ4v) is 6.24. The molecule has 0 aromatic carbocycles. The van der Waals surface area contributed by atoms with Crippen molar-refractivity contribution in [1.82, 2.24) is 15.0 Å². The predicted molar refractivity (Wildman–Crippen MR) is 105 cm³/mol. The Morgan fingerprint density at radius 2 is 2.10 bits per heavy atom. The van der Waals surface area contributed by atoms with Crippen LogP contribution in [0.5, 0.6) is 0 Å². The molecule has 4 aliphatic rings. The van der Waals surface area contributed by atoms with Crippen molar-refractivity contribution >= 4 is 22.7 Å². The molecule has 0 saturated heterocycles. The van der Waals surface area contributed by atoms with E-state index in [1.54, 1.807) is 12.3 Å². The highest BCUT2D eigenvalue weighted by molar-refractivity contribution is 5.93. The number of aromatic amines is 1. The second kappa shape index (κ2) is 6.00. The third kappa shape index (κ3) is 2.24. The zero-order chi connectivity index (χ0) is 20.6. The SMILES string of the molecule is COC(=O)[C@H]1C2CCC3C(C2)[C@@]31Nc1cc(-c2c[nH]c3ncc(F)cc23)ncc1F. The maximum Gasteiger partial charge on any atom is 0.311 e. The van der Waals surface area contributed by atoms with Crippen molar-refractivity contribution in [3.8, 4) is 11.3 Å². The summed E-state index contributed by atoms with van der Waals surface area (Å²) in [5, 5.41) is 3.98. The molecule has 2 N–H and O–H groups in total. The normalized spacial score (nSPS) is 31.0. The smallest absolute Gasteiger partial charge is 0.311 e. The van der Waals surface area contributed by atoms with Crippen LogP contribution in [0.25, 0.3) is 22.3 Å². The van der Waals surface area contributed by atoms with Gasteiger partial charge in [0.15, 0.2) is 5.82 Å². The molecule has 8 heteroatoms. The number of fused-ring (bicyclic) bond motifs is 2. The van der Waals surface area contributed by atoms with Gasteiger partial charge in [-0.15, -0.1) is 0 Å². The first-order valence-electron chi connectivity index (χ1n) is 10.2. The number of halogens is 2. The number of nitrogens with one attached hydrogen (secondary N) is 2. The van der Waals surface area contributed by atoms with Gasteiger partial charge in [0.1, 0.15) is 11.5 Å². The number of H-pyrrole nitrogens is 1. The minimum absolute atomic E-state index is 0.218. The van der Waals surface area contributed by atoms with Crippen molar-refractivity contribution in [2.75, 3.05) is 12.4 Å². The number of carbonyl (C=O) groups is 1. The van der Waals surface area contributed by atoms with E-state index in [0.717, 1.165) is 31.7 Å². The van der Waals surface area contributed by atoms with E-state index in [-0.39, 0.29) is 17.8 Å². The van der Waals surface area contributed by atoms with Crippen molar-refractivity contribution in [2.24, 2.45) is 23.7 Å². The summed E-state index contributed by atoms with van der Waals surface area (Å²) in [6.07, 6.45) is 7.03. The largest absolute Gasteiger partial charge is 0.469 e. The molecule has 7 rings (SSSR count). The Balaban J connectivity index is 1.40. The molecule has 3 aromatic rings. The molecule has 0 amide bonds. The van der Waals surface area contributed by atoms with Gasteiger partial charge >= 0.3 is 5.97 Å². The zero-order valence-electron chi connectivity index (χ0n) is 16.3. The monoisotopic (exact) mass is 410 g/mol. The quantitative estimate of drug-likeness (QED) is 0.638. The second-order valence-corrected chi connectivity index (χ2v) is 8.65. The molecule has 4 bridgehead atoms. The molecule has 0 radical (unpaired) electrons. The molecule has 3 aromatic heterocycles. The molecular weight excluding hydrogens is 390 g/mol. The number of methoxy groups -OCH3 is 1. The number of rotatable bonds is 4. The van der Waals surface area contributed by atoms with Crippen molar-refractivity contribution in [2.45, 2.75) is 24.8 Å². The maximum absolute atomic E-state index is 14.8. The fourth-order valence-electron chi connectivity index (χ4n) is 6.24. The highest BCUT2D eigenvalue weighted by Gasteiger charge is 2.78. The molecule has 4 saturated carbocycles. The molecule has 0 aliphatic heterocycles. The second-order valence-electron chi connectivity index (χ2n) is 8.65. The molecule has 0 spiro atoms. The summed E-state index contributed by atoms with van der Waals surface area (Å²) < 4.78 is 33.6. The van der Waals surface area contributed by atoms with E-state index in [1.165, 1.54) is 13.2 Å². The van der Waals surface area contributed by atoms with Crippen LogP contribution in [0, 0.1) is 35.3 Å². The summed E-state index contributed by atoms with van der Waals surface area (Å²) >= 11 is 0. The molecular formula is C22H20F2N4O2. The van der Waals surface area contributed by atoms with Crippen molar-refractivity contribution in [1.29, 1.82) is 0 Å². The first-order valence-corrected chi connectivity index (χ1v) is 10.2. The fraction of sp³-hybridized carbons (Fsp3) is 0.409. The highest BCUT2D eigenvalue weighted by atomic mass is 19.1. The van der Waals surface area contributed by atoms with Crippen LogP contribution in [0.4, 0.5) is 14.5 Å². The molecule has 4 aliphatic carbocycles. The zero-order valence-corrected chi connectivity index (χ0v) is 16.3. The van der Waals surface area contributed by atoms with E-state index in [0.29, 0.717) is 39.8 Å². The Morgan fingerprint density at radius 3 is 2.90 bits per heavy atom. The van der Waals surface area contributed by atoms with E-state index in [2.05, 4.69) is 20.3 Å². The number of ether oxygens (including phenoxy) is 1. The third-order valence-electron chi connectivity index (χ3n) is 7.43. The van der Waals surface area contributed by atoms with Gasteiger partial charge in [0.2, 0.25) is 0 Å². The standard InChI is InChI=1S/C22H20F2N4O2/c1-30-21(29)19-10-2-3-14-15(4-10)22(14,19)28-18-6-17(25-9-16(18)24)13-8-27-20-12(13)5-11(23)7-26-20/h5-10,14-15,19H,2-4H2,1H3,(H,25,28)(H,26,27)/t10?,14?,15?,19-,22+/m1/s1. The summed E-state index contributed by atoms with van der Waals surface area (Å²) in [4.78, 5) is 23.8. The number of anilines is 1. The van der Waals surface area contributed by atoms with Crippen molar-refractivity contribution in [3.63, 3.8) is 0 Å². The Morgan fingerprint density at radius 1 is 1.23 bits per heavy atom. The average molecular weight is 410 g/mol. The number of aromatic nitrogens is 3. The van der Waals surface area contributed by atoms with Gasteiger partial charge in [-0.3, -0.25) is 9.78 Å². The van der Waals surface area contributed by atoms with Crippen LogP contribution in [-0.2, 0) is 9.53 Å². The Hall–Kier alpha value is -3.03. The number of hydrogen-bond donors (Lipinski definition) is 2. The van der Waals surface area contributed by atoms with Crippen LogP contribution in [0.1, 0.15) is 19.3 Å². The van der Waals surface area contributed by atoms with Gasteiger partial charge < -0.3 is 15.0 Å². The number of pyridine rings is 2. The van der Waals surface area contributed by atoms with Gasteiger partial charge in [0, 0.05) is 17.1 Å². The third-order valence-corrected chi connectivity index (χ3v) is 7.43. The molecule has 3 unspecified atom stereocenters. The molecule has 4 fully saturated rings. The first-order chi connectivity index (χ1) is 14.5. The summed E-state index contributed by atoms with van der Waals surface area (Å²) in [6.45, 7) is 0. The number of esters is 1. The topological polar surface area (TPSA) is 79.9 Å². The lowest BCUT2D eigenvalue weighted by atomic mass is 9.75. The van der Waals surface area contributed by atoms with E-state index in [4.69, 9.17) is 4.74 Å². The number of nitrogens with zero attached hydrogens (tertiary/aromatic N) is 2. The van der Waals surface area contributed by atoms with Gasteiger partial charge in [-0.05, 0) is 49.1 Å². The maximum atomic E-state index is 14.8. The molecule has 6 nitrogen and oxygen atoms in total. The van der Waals surface area contributed by atoms with E-state index >= 15 is 0 Å². The summed E-state index contributed by atoms with van der Waals surface area (Å²) in [7, 11) is 1.41. The number of hydrogen-bond acceptors (Lipinski definition) is 5. The lowest BCUT2D eigenvalue weighted by Gasteiger charge is -2.35. The predicted octanol–water partition coefficient (Wildman–Crippen LogP) is 3.90. The minimum Gasteiger partial charge on any atom is -0.469 e. The Labute approximate surface area is 171 Å². The minimum atomic E-state index is -0.477. The molecule has 3 heterocycles. The van der Waals surface area contributed by atoms with Gasteiger partial charge in [-0.2, -0.15) is 0 Å². The van der Waals surface area contributed by atoms with Crippen molar-refractivity contribution < 1.29 is 18.3 Å². The van der Waals surface area contributed by atoms with Crippen molar-refractivity contribution in [3.05, 3.63) is 42.4 Å². The van der Waals surface area contributed by atoms with Crippen LogP contribution < -0.4 is 5.32 Å². The Kier molecular flexibility index (Phi) is 3.56. The van der Waals surface area contributed by atoms with E-state index in [9.17, 15) is 13.6 Å². The van der Waals surface area contributed by atoms with Gasteiger partial charge in [-0.25, -0.2) is 13.8 Å². The lowest BCUT2D eigenvalue weighted by molar-refractivity contribution is -0.148. The van der Waals surface area contributed by atoms with Crippen LogP contribution in [-0.4, -0.2) is 33.6 Å². The lowest BCUT2D eigenvalue weighted by Crippen LogP contribution is -2.44. The molecule has 30 heavy (non-hydrogen) atoms. The van der Waals surface area contributed by atoms with Crippen LogP contribution in [0.3, 0.4) is 0 Å². The summed E-state index contributed by atoms with van der Waals surface area (Å²) in [6, 6.07) is 3.01. The van der Waals surface area contributed by atoms with Gasteiger partial charge in [0.05, 0.1) is 42.3 Å². The van der Waals surface area contributed by atoms with Crippen LogP contribution in [0.2, 0.25) is 0 Å². The molecule has 154 valence electrons. The van der Waals surface area contributed by atoms with Crippen LogP contribution in [0.15, 0.2) is 30.7 Å². The van der Waals surface area contributed by atoms with Gasteiger partial charge in [-0.1, -0.05) is 0 Å². The summed E-state index contributed by atoms with van der Waals surface area (Å²) in [5.74, 6) is -0.400. The number of carbonyl (C=O) groups excluding carboxylic acids is 1. The first kappa shape index (κ1) is 17.8. The molecule has 5 atom stereocenters. The average Bonchev–Trinajstić information content (AvgIpc) is 3.05. The summed E-state index contributed by atoms with van der Waals surface area (Å²) in [5.41, 5.74) is 1.55.